The molecule has 12 N–H and O–H groups in total. The van der Waals surface area contributed by atoms with Gasteiger partial charge in [-0.15, -0.1) is 0 Å². The Morgan fingerprint density at radius 2 is 1.41 bits per heavy atom. The van der Waals surface area contributed by atoms with E-state index in [0.717, 1.165) is 10.5 Å². The van der Waals surface area contributed by atoms with Crippen molar-refractivity contribution in [1.82, 2.24) is 36.8 Å². The topological polar surface area (TPSA) is 343 Å². The van der Waals surface area contributed by atoms with Crippen molar-refractivity contribution >= 4 is 59.2 Å². The largest absolute Gasteiger partial charge is 0.480 e. The van der Waals surface area contributed by atoms with Crippen LogP contribution in [0.4, 0.5) is 0 Å². The molecule has 0 radical (unpaired) electrons. The number of allylic oxidation sites excluding steroid dienone is 2. The first-order valence-corrected chi connectivity index (χ1v) is 25.4. The molecule has 7 amide bonds. The zero-order valence-electron chi connectivity index (χ0n) is 45.1. The van der Waals surface area contributed by atoms with Gasteiger partial charge in [-0.2, -0.15) is 0 Å². The number of rotatable bonds is 18. The molecule has 1 aromatic rings. The Morgan fingerprint density at radius 1 is 0.827 bits per heavy atom. The molecule has 0 aliphatic carbocycles. The van der Waals surface area contributed by atoms with Crippen LogP contribution in [-0.2, 0) is 54.3 Å². The molecule has 1 aliphatic rings. The molecule has 0 spiro atoms. The Bertz CT molecular complexity index is 2250. The second-order valence-electron chi connectivity index (χ2n) is 19.8. The second-order valence-corrected chi connectivity index (χ2v) is 19.8. The van der Waals surface area contributed by atoms with Crippen LogP contribution in [0.3, 0.4) is 0 Å². The Balaban J connectivity index is 2.79. The van der Waals surface area contributed by atoms with Gasteiger partial charge in [-0.3, -0.25) is 38.6 Å². The number of carboxylic acids is 2. The summed E-state index contributed by atoms with van der Waals surface area (Å²) in [5.74, 6) is -12.6. The lowest BCUT2D eigenvalue weighted by atomic mass is 9.94. The molecule has 2 rings (SSSR count). The highest BCUT2D eigenvalue weighted by Gasteiger charge is 2.38. The van der Waals surface area contributed by atoms with E-state index in [4.69, 9.17) is 16.2 Å². The maximum absolute atomic E-state index is 14.5. The quantitative estimate of drug-likeness (QED) is 0.0331. The standard InChI is InChI=1S/C53H82N10O12/c1-12-30(4)27-41-50(70)62-44(52(73)74)34(8)46(66)58-38(19-16-24-56-53(54)55)48(68)57-37(21-20-31(5)26-32(6)42(75-11)28-36-17-14-13-15-18-36)33(7)45(65)59-39(51(71)72)22-23-43(64)63(10)35(9)47(67)60-40(25-29(2)3)49(69)61-41/h13-15,17-18,20-21,26,29-30,32-34,37-42,44H,9,12,16,19,22-25,27-28H2,1-8,10-11H3,(H,57,68)(H,58,66)(H,59,65)(H,60,67)(H,61,69)(H,62,70)(H,71,72)(H,73,74)(H4,54,55,56). The van der Waals surface area contributed by atoms with E-state index in [2.05, 4.69) is 43.5 Å². The molecule has 1 aliphatic heterocycles. The van der Waals surface area contributed by atoms with Gasteiger partial charge in [-0.05, 0) is 62.8 Å². The number of nitrogens with one attached hydrogen (secondary N) is 6. The van der Waals surface area contributed by atoms with Crippen molar-refractivity contribution in [2.45, 2.75) is 149 Å². The number of hydrogen-bond acceptors (Lipinski definition) is 11. The lowest BCUT2D eigenvalue weighted by Gasteiger charge is -2.29. The smallest absolute Gasteiger partial charge is 0.327 e. The number of methoxy groups -OCH3 is 1. The fraction of sp³-hybridized carbons (Fsp3) is 0.585. The van der Waals surface area contributed by atoms with Crippen LogP contribution in [0.15, 0.2) is 71.4 Å². The molecule has 22 nitrogen and oxygen atoms in total. The third-order valence-corrected chi connectivity index (χ3v) is 13.2. The van der Waals surface area contributed by atoms with E-state index in [1.807, 2.05) is 57.2 Å². The van der Waals surface area contributed by atoms with Crippen molar-refractivity contribution in [3.05, 3.63) is 72.0 Å². The van der Waals surface area contributed by atoms with Crippen LogP contribution in [0.2, 0.25) is 0 Å². The summed E-state index contributed by atoms with van der Waals surface area (Å²) < 4.78 is 5.83. The van der Waals surface area contributed by atoms with E-state index in [1.165, 1.54) is 27.0 Å². The maximum Gasteiger partial charge on any atom is 0.327 e. The Hall–Kier alpha value is -7.10. The number of nitrogens with zero attached hydrogens (tertiary/aromatic N) is 2. The molecule has 75 heavy (non-hydrogen) atoms. The zero-order valence-corrected chi connectivity index (χ0v) is 45.1. The normalized spacial score (nSPS) is 25.1. The number of nitrogens with two attached hydrogens (primary N) is 2. The Kier molecular flexibility index (Phi) is 27.0. The number of benzene rings is 1. The number of guanidine groups is 1. The van der Waals surface area contributed by atoms with Gasteiger partial charge in [0, 0.05) is 33.0 Å². The summed E-state index contributed by atoms with van der Waals surface area (Å²) >= 11 is 0. The summed E-state index contributed by atoms with van der Waals surface area (Å²) in [5, 5.41) is 36.2. The molecule has 0 aromatic heterocycles. The third kappa shape index (κ3) is 21.7. The van der Waals surface area contributed by atoms with Crippen LogP contribution in [0.25, 0.3) is 0 Å². The van der Waals surface area contributed by atoms with Crippen molar-refractivity contribution in [2.24, 2.45) is 46.0 Å². The highest BCUT2D eigenvalue weighted by atomic mass is 16.5. The number of carbonyl (C=O) groups excluding carboxylic acids is 7. The van der Waals surface area contributed by atoms with Gasteiger partial charge >= 0.3 is 11.9 Å². The van der Waals surface area contributed by atoms with Gasteiger partial charge in [0.05, 0.1) is 24.0 Å². The Labute approximate surface area is 440 Å². The number of aliphatic imine (C=N–C) groups is 1. The minimum atomic E-state index is -1.89. The van der Waals surface area contributed by atoms with E-state index < -0.39 is 120 Å². The van der Waals surface area contributed by atoms with E-state index in [-0.39, 0.29) is 62.0 Å². The fourth-order valence-corrected chi connectivity index (χ4v) is 8.13. The summed E-state index contributed by atoms with van der Waals surface area (Å²) in [6.07, 6.45) is 5.30. The molecule has 1 aromatic carbocycles. The van der Waals surface area contributed by atoms with Gasteiger partial charge in [0.15, 0.2) is 5.96 Å². The van der Waals surface area contributed by atoms with Crippen LogP contribution in [-0.4, -0.2) is 137 Å². The molecule has 0 saturated carbocycles. The van der Waals surface area contributed by atoms with Gasteiger partial charge < -0.3 is 63.2 Å². The van der Waals surface area contributed by atoms with Crippen LogP contribution in [0.1, 0.15) is 106 Å². The summed E-state index contributed by atoms with van der Waals surface area (Å²) in [4.78, 5) is 128. The van der Waals surface area contributed by atoms with Crippen molar-refractivity contribution in [3.63, 3.8) is 0 Å². The highest BCUT2D eigenvalue weighted by molar-refractivity contribution is 6.00. The molecule has 416 valence electrons. The number of carbonyl (C=O) groups is 9. The number of aliphatic carboxylic acids is 2. The summed E-state index contributed by atoms with van der Waals surface area (Å²) in [5.41, 5.74) is 12.5. The van der Waals surface area contributed by atoms with Crippen molar-refractivity contribution in [2.75, 3.05) is 20.7 Å². The molecule has 22 heteroatoms. The van der Waals surface area contributed by atoms with E-state index in [1.54, 1.807) is 34.0 Å². The highest BCUT2D eigenvalue weighted by Crippen LogP contribution is 2.20. The van der Waals surface area contributed by atoms with E-state index >= 15 is 0 Å². The number of likely N-dealkylation sites (N-methyl/N-ethyl adjacent to an activating group) is 1. The molecule has 0 bridgehead atoms. The van der Waals surface area contributed by atoms with Crippen molar-refractivity contribution in [3.8, 4) is 0 Å². The molecule has 1 heterocycles. The number of carboxylic acid groups (broad SMARTS) is 2. The Morgan fingerprint density at radius 3 is 1.99 bits per heavy atom. The van der Waals surface area contributed by atoms with Crippen LogP contribution in [0.5, 0.6) is 0 Å². The van der Waals surface area contributed by atoms with Gasteiger partial charge in [-0.1, -0.05) is 116 Å². The fourth-order valence-electron chi connectivity index (χ4n) is 8.13. The minimum Gasteiger partial charge on any atom is -0.480 e. The lowest BCUT2D eigenvalue weighted by Crippen LogP contribution is -2.59. The van der Waals surface area contributed by atoms with E-state index in [0.29, 0.717) is 18.4 Å². The minimum absolute atomic E-state index is 0.0242. The van der Waals surface area contributed by atoms with Crippen LogP contribution in [0, 0.1) is 29.6 Å². The summed E-state index contributed by atoms with van der Waals surface area (Å²) in [7, 11) is 2.85. The summed E-state index contributed by atoms with van der Waals surface area (Å²) in [6, 6.07) is 1.03. The number of hydrogen-bond donors (Lipinski definition) is 10. The van der Waals surface area contributed by atoms with Crippen molar-refractivity contribution < 1.29 is 58.1 Å². The number of ether oxygens (including phenoxy) is 1. The predicted octanol–water partition coefficient (Wildman–Crippen LogP) is 2.03. The van der Waals surface area contributed by atoms with Crippen molar-refractivity contribution in [1.29, 1.82) is 0 Å². The average Bonchev–Trinajstić information content (AvgIpc) is 3.35. The average molecular weight is 1050 g/mol. The van der Waals surface area contributed by atoms with Gasteiger partial charge in [0.1, 0.15) is 35.9 Å². The molecule has 11 atom stereocenters. The zero-order chi connectivity index (χ0) is 56.7. The molecular weight excluding hydrogens is 969 g/mol. The van der Waals surface area contributed by atoms with Gasteiger partial charge in [0.25, 0.3) is 5.91 Å². The maximum atomic E-state index is 14.5. The molecule has 1 saturated heterocycles. The molecule has 11 unspecified atom stereocenters. The lowest BCUT2D eigenvalue weighted by molar-refractivity contribution is -0.146. The molecule has 1 fully saturated rings. The molecular formula is C53H82N10O12. The van der Waals surface area contributed by atoms with Crippen LogP contribution >= 0.6 is 0 Å². The van der Waals surface area contributed by atoms with Gasteiger partial charge in [0.2, 0.25) is 35.4 Å². The first kappa shape index (κ1) is 64.0. The monoisotopic (exact) mass is 1050 g/mol. The predicted molar refractivity (Wildman–Crippen MR) is 283 cm³/mol. The first-order chi connectivity index (χ1) is 35.2. The van der Waals surface area contributed by atoms with Gasteiger partial charge in [-0.25, -0.2) is 9.59 Å². The van der Waals surface area contributed by atoms with E-state index in [9.17, 15) is 53.4 Å². The second kappa shape index (κ2) is 31.6. The summed E-state index contributed by atoms with van der Waals surface area (Å²) in [6.45, 7) is 17.4. The first-order valence-electron chi connectivity index (χ1n) is 25.4. The SMILES string of the molecule is C=C1C(=O)NC(CC(C)C)C(=O)NC(CC(C)CC)C(=O)NC(C(=O)O)C(C)C(=O)NC(CCCN=C(N)N)C(=O)NC(C=CC(C)=CC(C)C(Cc2ccccc2)OC)C(C)C(=O)NC(C(=O)O)CCC(=O)N1C. The number of amides is 7. The van der Waals surface area contributed by atoms with Crippen LogP contribution < -0.4 is 43.4 Å². The third-order valence-electron chi connectivity index (χ3n) is 13.2.